The summed E-state index contributed by atoms with van der Waals surface area (Å²) in [6.07, 6.45) is 4.07. The summed E-state index contributed by atoms with van der Waals surface area (Å²) in [7, 11) is 2.16. The molecule has 1 atom stereocenters. The topological polar surface area (TPSA) is 50.3 Å². The van der Waals surface area contributed by atoms with Crippen LogP contribution >= 0.6 is 0 Å². The third kappa shape index (κ3) is 3.32. The van der Waals surface area contributed by atoms with Crippen LogP contribution in [0, 0.1) is 0 Å². The van der Waals surface area contributed by atoms with Crippen molar-refractivity contribution in [2.24, 2.45) is 5.73 Å². The molecule has 2 N–H and O–H groups in total. The second-order valence-corrected chi connectivity index (χ2v) is 5.75. The van der Waals surface area contributed by atoms with E-state index in [1.807, 2.05) is 29.1 Å². The van der Waals surface area contributed by atoms with E-state index in [2.05, 4.69) is 40.3 Å². The predicted octanol–water partition coefficient (Wildman–Crippen LogP) is 0.947. The Morgan fingerprint density at radius 3 is 2.81 bits per heavy atom. The molecule has 3 rings (SSSR count). The number of benzene rings is 1. The summed E-state index contributed by atoms with van der Waals surface area (Å²) in [4.78, 5) is 4.81. The van der Waals surface area contributed by atoms with Gasteiger partial charge in [-0.1, -0.05) is 18.2 Å². The van der Waals surface area contributed by atoms with Crippen LogP contribution in [0.1, 0.15) is 5.56 Å². The zero-order chi connectivity index (χ0) is 14.7. The Labute approximate surface area is 126 Å². The monoisotopic (exact) mass is 285 g/mol. The Balaban J connectivity index is 1.69. The van der Waals surface area contributed by atoms with Crippen LogP contribution in [-0.4, -0.2) is 58.8 Å². The molecule has 1 aliphatic heterocycles. The van der Waals surface area contributed by atoms with Gasteiger partial charge in [0.15, 0.2) is 0 Å². The van der Waals surface area contributed by atoms with Gasteiger partial charge < -0.3 is 10.6 Å². The second-order valence-electron chi connectivity index (χ2n) is 5.75. The van der Waals surface area contributed by atoms with Crippen molar-refractivity contribution in [3.05, 3.63) is 48.3 Å². The molecular weight excluding hydrogens is 262 g/mol. The molecule has 1 fully saturated rings. The molecule has 1 aromatic carbocycles. The third-order valence-electron chi connectivity index (χ3n) is 4.12. The van der Waals surface area contributed by atoms with Crippen LogP contribution in [0.5, 0.6) is 0 Å². The zero-order valence-corrected chi connectivity index (χ0v) is 12.5. The molecule has 1 saturated heterocycles. The van der Waals surface area contributed by atoms with E-state index in [9.17, 15) is 0 Å². The highest BCUT2D eigenvalue weighted by molar-refractivity contribution is 5.30. The van der Waals surface area contributed by atoms with Crippen molar-refractivity contribution in [3.8, 4) is 5.69 Å². The van der Waals surface area contributed by atoms with E-state index in [4.69, 9.17) is 5.73 Å². The molecule has 5 heteroatoms. The SMILES string of the molecule is CN1CCN(Cc2cnn(-c3ccccc3)c2)C(CN)C1. The number of hydrogen-bond acceptors (Lipinski definition) is 4. The first kappa shape index (κ1) is 14.3. The van der Waals surface area contributed by atoms with Crippen LogP contribution in [0.15, 0.2) is 42.7 Å². The third-order valence-corrected chi connectivity index (χ3v) is 4.12. The van der Waals surface area contributed by atoms with E-state index in [1.54, 1.807) is 0 Å². The number of hydrogen-bond donors (Lipinski definition) is 1. The first-order valence-electron chi connectivity index (χ1n) is 7.48. The maximum absolute atomic E-state index is 5.92. The molecule has 0 aliphatic carbocycles. The van der Waals surface area contributed by atoms with Gasteiger partial charge in [0.2, 0.25) is 0 Å². The van der Waals surface area contributed by atoms with Crippen molar-refractivity contribution < 1.29 is 0 Å². The van der Waals surface area contributed by atoms with Crippen molar-refractivity contribution >= 4 is 0 Å². The number of nitrogens with zero attached hydrogens (tertiary/aromatic N) is 4. The van der Waals surface area contributed by atoms with Crippen LogP contribution in [0.4, 0.5) is 0 Å². The highest BCUT2D eigenvalue weighted by Gasteiger charge is 2.24. The molecule has 2 aromatic rings. The Kier molecular flexibility index (Phi) is 4.34. The lowest BCUT2D eigenvalue weighted by Gasteiger charge is -2.39. The molecule has 2 heterocycles. The lowest BCUT2D eigenvalue weighted by molar-refractivity contribution is 0.0881. The Hall–Kier alpha value is -1.69. The standard InChI is InChI=1S/C16H23N5/c1-19-7-8-20(16(9-17)13-19)11-14-10-18-21(12-14)15-5-3-2-4-6-15/h2-6,10,12,16H,7-9,11,13,17H2,1H3. The zero-order valence-electron chi connectivity index (χ0n) is 12.5. The number of nitrogens with two attached hydrogens (primary N) is 1. The summed E-state index contributed by atoms with van der Waals surface area (Å²) in [5.74, 6) is 0. The molecule has 0 spiro atoms. The summed E-state index contributed by atoms with van der Waals surface area (Å²) in [5.41, 5.74) is 8.25. The predicted molar refractivity (Wildman–Crippen MR) is 84.3 cm³/mol. The first-order chi connectivity index (χ1) is 10.3. The van der Waals surface area contributed by atoms with Crippen molar-refractivity contribution in [2.75, 3.05) is 33.2 Å². The van der Waals surface area contributed by atoms with Gasteiger partial charge in [-0.15, -0.1) is 0 Å². The van der Waals surface area contributed by atoms with Gasteiger partial charge in [0, 0.05) is 50.5 Å². The number of para-hydroxylation sites is 1. The number of rotatable bonds is 4. The van der Waals surface area contributed by atoms with Crippen LogP contribution in [0.3, 0.4) is 0 Å². The highest BCUT2D eigenvalue weighted by atomic mass is 15.3. The maximum Gasteiger partial charge on any atom is 0.0645 e. The summed E-state index contributed by atoms with van der Waals surface area (Å²) in [6, 6.07) is 10.6. The molecule has 1 aliphatic rings. The Bertz CT molecular complexity index is 565. The number of aromatic nitrogens is 2. The van der Waals surface area contributed by atoms with Gasteiger partial charge in [0.05, 0.1) is 11.9 Å². The quantitative estimate of drug-likeness (QED) is 0.908. The molecule has 0 radical (unpaired) electrons. The van der Waals surface area contributed by atoms with Crippen LogP contribution in [-0.2, 0) is 6.54 Å². The minimum Gasteiger partial charge on any atom is -0.329 e. The van der Waals surface area contributed by atoms with Crippen LogP contribution in [0.2, 0.25) is 0 Å². The summed E-state index contributed by atoms with van der Waals surface area (Å²) < 4.78 is 1.93. The van der Waals surface area contributed by atoms with Gasteiger partial charge in [-0.3, -0.25) is 4.90 Å². The maximum atomic E-state index is 5.92. The van der Waals surface area contributed by atoms with Gasteiger partial charge >= 0.3 is 0 Å². The summed E-state index contributed by atoms with van der Waals surface area (Å²) in [6.45, 7) is 4.83. The smallest absolute Gasteiger partial charge is 0.0645 e. The van der Waals surface area contributed by atoms with E-state index in [0.29, 0.717) is 12.6 Å². The van der Waals surface area contributed by atoms with Crippen molar-refractivity contribution in [2.45, 2.75) is 12.6 Å². The van der Waals surface area contributed by atoms with E-state index in [1.165, 1.54) is 5.56 Å². The average molecular weight is 285 g/mol. The molecule has 1 unspecified atom stereocenters. The fraction of sp³-hybridized carbons (Fsp3) is 0.438. The van der Waals surface area contributed by atoms with Crippen molar-refractivity contribution in [3.63, 3.8) is 0 Å². The molecule has 0 bridgehead atoms. The molecule has 0 saturated carbocycles. The Morgan fingerprint density at radius 1 is 1.24 bits per heavy atom. The van der Waals surface area contributed by atoms with Gasteiger partial charge in [0.25, 0.3) is 0 Å². The lowest BCUT2D eigenvalue weighted by atomic mass is 10.1. The fourth-order valence-electron chi connectivity index (χ4n) is 2.88. The number of piperazine rings is 1. The van der Waals surface area contributed by atoms with E-state index >= 15 is 0 Å². The molecule has 5 nitrogen and oxygen atoms in total. The van der Waals surface area contributed by atoms with Crippen LogP contribution < -0.4 is 5.73 Å². The molecule has 21 heavy (non-hydrogen) atoms. The van der Waals surface area contributed by atoms with Gasteiger partial charge in [-0.2, -0.15) is 5.10 Å². The largest absolute Gasteiger partial charge is 0.329 e. The molecule has 112 valence electrons. The summed E-state index contributed by atoms with van der Waals surface area (Å²) in [5, 5.41) is 4.47. The van der Waals surface area contributed by atoms with Crippen LogP contribution in [0.25, 0.3) is 5.69 Å². The van der Waals surface area contributed by atoms with Crippen molar-refractivity contribution in [1.29, 1.82) is 0 Å². The second kappa shape index (κ2) is 6.39. The summed E-state index contributed by atoms with van der Waals surface area (Å²) >= 11 is 0. The van der Waals surface area contributed by atoms with E-state index < -0.39 is 0 Å². The normalized spacial score (nSPS) is 20.8. The van der Waals surface area contributed by atoms with Crippen molar-refractivity contribution in [1.82, 2.24) is 19.6 Å². The minimum absolute atomic E-state index is 0.434. The van der Waals surface area contributed by atoms with Gasteiger partial charge in [-0.25, -0.2) is 4.68 Å². The molecule has 1 aromatic heterocycles. The lowest BCUT2D eigenvalue weighted by Crippen LogP contribution is -2.54. The first-order valence-corrected chi connectivity index (χ1v) is 7.48. The molecule has 0 amide bonds. The van der Waals surface area contributed by atoms with Gasteiger partial charge in [-0.05, 0) is 19.2 Å². The fourth-order valence-corrected chi connectivity index (χ4v) is 2.88. The minimum atomic E-state index is 0.434. The number of likely N-dealkylation sites (N-methyl/N-ethyl adjacent to an activating group) is 1. The van der Waals surface area contributed by atoms with Gasteiger partial charge in [0.1, 0.15) is 0 Å². The Morgan fingerprint density at radius 2 is 2.05 bits per heavy atom. The van der Waals surface area contributed by atoms with E-state index in [-0.39, 0.29) is 0 Å². The average Bonchev–Trinajstić information content (AvgIpc) is 2.98. The molecular formula is C16H23N5. The van der Waals surface area contributed by atoms with E-state index in [0.717, 1.165) is 31.9 Å². The highest BCUT2D eigenvalue weighted by Crippen LogP contribution is 2.14.